The first-order valence-electron chi connectivity index (χ1n) is 5.52. The number of carbonyl (C=O) groups excluding carboxylic acids is 1. The summed E-state index contributed by atoms with van der Waals surface area (Å²) in [6, 6.07) is 6.98. The van der Waals surface area contributed by atoms with Crippen molar-refractivity contribution in [3.63, 3.8) is 0 Å². The van der Waals surface area contributed by atoms with Crippen LogP contribution in [0.5, 0.6) is 5.75 Å². The van der Waals surface area contributed by atoms with E-state index in [1.54, 1.807) is 31.4 Å². The lowest BCUT2D eigenvalue weighted by atomic mass is 10.2. The Balaban J connectivity index is 2.65. The Morgan fingerprint density at radius 1 is 1.44 bits per heavy atom. The predicted octanol–water partition coefficient (Wildman–Crippen LogP) is 3.04. The molecule has 1 rings (SSSR count). The molecule has 0 aliphatic rings. The van der Waals surface area contributed by atoms with Crippen LogP contribution in [0.3, 0.4) is 0 Å². The van der Waals surface area contributed by atoms with Crippen molar-refractivity contribution in [3.8, 4) is 5.75 Å². The maximum atomic E-state index is 11.7. The van der Waals surface area contributed by atoms with Gasteiger partial charge in [-0.2, -0.15) is 0 Å². The van der Waals surface area contributed by atoms with Gasteiger partial charge in [-0.1, -0.05) is 19.4 Å². The summed E-state index contributed by atoms with van der Waals surface area (Å²) in [4.78, 5) is 11.7. The normalized spacial score (nSPS) is 11.9. The molecular weight excluding hydrogens is 204 g/mol. The number of methoxy groups -OCH3 is 1. The Kier molecular flexibility index (Phi) is 4.83. The highest BCUT2D eigenvalue weighted by Crippen LogP contribution is 2.14. The van der Waals surface area contributed by atoms with E-state index in [0.717, 1.165) is 12.8 Å². The fourth-order valence-corrected chi connectivity index (χ4v) is 1.47. The molecule has 3 nitrogen and oxygen atoms in total. The largest absolute Gasteiger partial charge is 0.497 e. The zero-order valence-electron chi connectivity index (χ0n) is 10.0. The van der Waals surface area contributed by atoms with Crippen LogP contribution >= 0.6 is 0 Å². The quantitative estimate of drug-likeness (QED) is 0.718. The molecule has 88 valence electrons. The molecule has 0 aromatic heterocycles. The maximum absolute atomic E-state index is 11.7. The van der Waals surface area contributed by atoms with Crippen LogP contribution in [0.2, 0.25) is 0 Å². The first-order chi connectivity index (χ1) is 7.67. The van der Waals surface area contributed by atoms with Gasteiger partial charge in [0.25, 0.3) is 0 Å². The zero-order valence-corrected chi connectivity index (χ0v) is 10.0. The van der Waals surface area contributed by atoms with Crippen LogP contribution in [0, 0.1) is 0 Å². The Morgan fingerprint density at radius 2 is 2.19 bits per heavy atom. The van der Waals surface area contributed by atoms with E-state index >= 15 is 0 Å². The first kappa shape index (κ1) is 12.6. The Bertz CT molecular complexity index is 347. The number of esters is 1. The van der Waals surface area contributed by atoms with E-state index < -0.39 is 0 Å². The molecule has 16 heavy (non-hydrogen) atoms. The lowest BCUT2D eigenvalue weighted by Gasteiger charge is -2.12. The van der Waals surface area contributed by atoms with Crippen molar-refractivity contribution in [2.24, 2.45) is 0 Å². The standard InChI is InChI=1S/C13H18O3/c1-4-6-10(2)16-13(14)11-7-5-8-12(9-11)15-3/h5,7-10H,4,6H2,1-3H3/t10-/m1/s1. The molecule has 0 unspecified atom stereocenters. The fourth-order valence-electron chi connectivity index (χ4n) is 1.47. The molecule has 0 spiro atoms. The molecule has 0 radical (unpaired) electrons. The van der Waals surface area contributed by atoms with Gasteiger partial charge in [0.05, 0.1) is 18.8 Å². The molecule has 0 fully saturated rings. The molecule has 0 bridgehead atoms. The third-order valence-electron chi connectivity index (χ3n) is 2.31. The van der Waals surface area contributed by atoms with Crippen molar-refractivity contribution < 1.29 is 14.3 Å². The second kappa shape index (κ2) is 6.16. The molecule has 1 atom stereocenters. The summed E-state index contributed by atoms with van der Waals surface area (Å²) in [5, 5.41) is 0. The molecule has 3 heteroatoms. The molecule has 0 N–H and O–H groups in total. The highest BCUT2D eigenvalue weighted by Gasteiger charge is 2.11. The summed E-state index contributed by atoms with van der Waals surface area (Å²) in [6.07, 6.45) is 1.85. The Labute approximate surface area is 96.4 Å². The molecular formula is C13H18O3. The monoisotopic (exact) mass is 222 g/mol. The van der Waals surface area contributed by atoms with Crippen LogP contribution in [-0.2, 0) is 4.74 Å². The predicted molar refractivity (Wildman–Crippen MR) is 62.8 cm³/mol. The van der Waals surface area contributed by atoms with Crippen LogP contribution in [0.15, 0.2) is 24.3 Å². The van der Waals surface area contributed by atoms with E-state index in [0.29, 0.717) is 11.3 Å². The first-order valence-corrected chi connectivity index (χ1v) is 5.52. The van der Waals surface area contributed by atoms with Crippen molar-refractivity contribution in [1.29, 1.82) is 0 Å². The molecule has 1 aromatic rings. The van der Waals surface area contributed by atoms with Gasteiger partial charge in [0, 0.05) is 0 Å². The van der Waals surface area contributed by atoms with Crippen LogP contribution in [0.4, 0.5) is 0 Å². The van der Waals surface area contributed by atoms with E-state index in [4.69, 9.17) is 9.47 Å². The second-order valence-corrected chi connectivity index (χ2v) is 3.74. The van der Waals surface area contributed by atoms with Crippen molar-refractivity contribution in [3.05, 3.63) is 29.8 Å². The number of hydrogen-bond acceptors (Lipinski definition) is 3. The van der Waals surface area contributed by atoms with Crippen LogP contribution in [-0.4, -0.2) is 19.2 Å². The third-order valence-corrected chi connectivity index (χ3v) is 2.31. The Morgan fingerprint density at radius 3 is 2.81 bits per heavy atom. The summed E-state index contributed by atoms with van der Waals surface area (Å²) in [5.41, 5.74) is 0.530. The average molecular weight is 222 g/mol. The van der Waals surface area contributed by atoms with E-state index in [9.17, 15) is 4.79 Å². The van der Waals surface area contributed by atoms with Crippen molar-refractivity contribution in [1.82, 2.24) is 0 Å². The highest BCUT2D eigenvalue weighted by molar-refractivity contribution is 5.89. The van der Waals surface area contributed by atoms with Gasteiger partial charge >= 0.3 is 5.97 Å². The zero-order chi connectivity index (χ0) is 12.0. The van der Waals surface area contributed by atoms with Gasteiger partial charge < -0.3 is 9.47 Å². The van der Waals surface area contributed by atoms with Gasteiger partial charge in [0.1, 0.15) is 5.75 Å². The minimum Gasteiger partial charge on any atom is -0.497 e. The number of benzene rings is 1. The molecule has 1 aromatic carbocycles. The van der Waals surface area contributed by atoms with Gasteiger partial charge in [-0.05, 0) is 31.5 Å². The van der Waals surface area contributed by atoms with Crippen molar-refractivity contribution in [2.75, 3.05) is 7.11 Å². The molecule has 0 heterocycles. The lowest BCUT2D eigenvalue weighted by Crippen LogP contribution is -2.14. The van der Waals surface area contributed by atoms with Gasteiger partial charge in [0.15, 0.2) is 0 Å². The average Bonchev–Trinajstić information content (AvgIpc) is 2.29. The number of hydrogen-bond donors (Lipinski definition) is 0. The molecule has 0 saturated carbocycles. The number of carbonyl (C=O) groups is 1. The third kappa shape index (κ3) is 3.57. The van der Waals surface area contributed by atoms with Gasteiger partial charge in [0.2, 0.25) is 0 Å². The smallest absolute Gasteiger partial charge is 0.338 e. The lowest BCUT2D eigenvalue weighted by molar-refractivity contribution is 0.0323. The topological polar surface area (TPSA) is 35.5 Å². The summed E-state index contributed by atoms with van der Waals surface area (Å²) < 4.78 is 10.3. The van der Waals surface area contributed by atoms with Gasteiger partial charge in [-0.15, -0.1) is 0 Å². The van der Waals surface area contributed by atoms with Gasteiger partial charge in [-0.25, -0.2) is 4.79 Å². The Hall–Kier alpha value is -1.51. The summed E-state index contributed by atoms with van der Waals surface area (Å²) in [6.45, 7) is 3.97. The van der Waals surface area contributed by atoms with E-state index in [1.807, 2.05) is 6.92 Å². The highest BCUT2D eigenvalue weighted by atomic mass is 16.5. The molecule has 0 saturated heterocycles. The van der Waals surface area contributed by atoms with Crippen LogP contribution < -0.4 is 4.74 Å². The fraction of sp³-hybridized carbons (Fsp3) is 0.462. The van der Waals surface area contributed by atoms with Crippen LogP contribution in [0.1, 0.15) is 37.0 Å². The van der Waals surface area contributed by atoms with Crippen molar-refractivity contribution in [2.45, 2.75) is 32.8 Å². The summed E-state index contributed by atoms with van der Waals surface area (Å²) >= 11 is 0. The summed E-state index contributed by atoms with van der Waals surface area (Å²) in [5.74, 6) is 0.373. The van der Waals surface area contributed by atoms with Gasteiger partial charge in [-0.3, -0.25) is 0 Å². The number of ether oxygens (including phenoxy) is 2. The van der Waals surface area contributed by atoms with Crippen LogP contribution in [0.25, 0.3) is 0 Å². The van der Waals surface area contributed by atoms with E-state index in [1.165, 1.54) is 0 Å². The SMILES string of the molecule is CCC[C@@H](C)OC(=O)c1cccc(OC)c1. The molecule has 0 amide bonds. The van der Waals surface area contributed by atoms with Crippen molar-refractivity contribution >= 4 is 5.97 Å². The van der Waals surface area contributed by atoms with E-state index in [2.05, 4.69) is 6.92 Å². The second-order valence-electron chi connectivity index (χ2n) is 3.74. The summed E-state index contributed by atoms with van der Waals surface area (Å²) in [7, 11) is 1.57. The molecule has 0 aliphatic carbocycles. The maximum Gasteiger partial charge on any atom is 0.338 e. The minimum atomic E-state index is -0.292. The number of rotatable bonds is 5. The minimum absolute atomic E-state index is 0.0382. The van der Waals surface area contributed by atoms with E-state index in [-0.39, 0.29) is 12.1 Å². The molecule has 0 aliphatic heterocycles.